The van der Waals surface area contributed by atoms with Crippen LogP contribution in [0.3, 0.4) is 0 Å². The fraction of sp³-hybridized carbons (Fsp3) is 0.333. The molecule has 0 amide bonds. The van der Waals surface area contributed by atoms with Crippen LogP contribution in [0.15, 0.2) is 10.8 Å². The molecule has 0 saturated heterocycles. The Balaban J connectivity index is 2.92. The number of aryl methyl sites for hydroxylation is 1. The van der Waals surface area contributed by atoms with Crippen molar-refractivity contribution in [3.05, 3.63) is 17.8 Å². The molecule has 3 N–H and O–H groups in total. The number of carboxylic acids is 1. The van der Waals surface area contributed by atoms with E-state index < -0.39 is 12.0 Å². The van der Waals surface area contributed by atoms with Gasteiger partial charge in [0.1, 0.15) is 0 Å². The average molecular weight is 156 g/mol. The molecule has 0 aliphatic heterocycles. The first kappa shape index (κ1) is 7.74. The van der Waals surface area contributed by atoms with Crippen LogP contribution in [0.25, 0.3) is 0 Å². The van der Waals surface area contributed by atoms with Crippen LogP contribution >= 0.6 is 0 Å². The number of nitrogens with two attached hydrogens (primary N) is 1. The predicted molar refractivity (Wildman–Crippen MR) is 35.8 cm³/mol. The highest BCUT2D eigenvalue weighted by Gasteiger charge is 2.20. The average Bonchev–Trinajstić information content (AvgIpc) is 2.33. The lowest BCUT2D eigenvalue weighted by molar-refractivity contribution is -0.139. The van der Waals surface area contributed by atoms with Crippen molar-refractivity contribution in [1.82, 2.24) is 4.98 Å². The molecule has 1 heterocycles. The summed E-state index contributed by atoms with van der Waals surface area (Å²) < 4.78 is 4.77. The Morgan fingerprint density at radius 1 is 1.91 bits per heavy atom. The summed E-state index contributed by atoms with van der Waals surface area (Å²) in [5.74, 6) is -0.914. The lowest BCUT2D eigenvalue weighted by atomic mass is 10.2. The predicted octanol–water partition coefficient (Wildman–Crippen LogP) is 0.0674. The molecule has 0 bridgehead atoms. The van der Waals surface area contributed by atoms with Gasteiger partial charge in [0, 0.05) is 0 Å². The van der Waals surface area contributed by atoms with Crippen molar-refractivity contribution in [3.63, 3.8) is 0 Å². The molecule has 1 aromatic heterocycles. The van der Waals surface area contributed by atoms with Crippen LogP contribution in [0.5, 0.6) is 0 Å². The van der Waals surface area contributed by atoms with Crippen molar-refractivity contribution in [2.24, 2.45) is 5.73 Å². The Hall–Kier alpha value is -1.36. The third-order valence-electron chi connectivity index (χ3n) is 1.33. The molecule has 1 unspecified atom stereocenters. The van der Waals surface area contributed by atoms with E-state index in [1.807, 2.05) is 0 Å². The van der Waals surface area contributed by atoms with Gasteiger partial charge in [0.25, 0.3) is 0 Å². The summed E-state index contributed by atoms with van der Waals surface area (Å²) in [7, 11) is 0. The minimum absolute atomic E-state index is 0.206. The molecule has 0 radical (unpaired) electrons. The fourth-order valence-corrected chi connectivity index (χ4v) is 0.722. The first-order valence-electron chi connectivity index (χ1n) is 3.01. The van der Waals surface area contributed by atoms with E-state index in [2.05, 4.69) is 4.98 Å². The standard InChI is InChI=1S/C6H8N2O3/c1-3-5(11-2-8-3)4(7)6(9)10/h2,4H,7H2,1H3,(H,9,10). The van der Waals surface area contributed by atoms with E-state index in [4.69, 9.17) is 15.3 Å². The number of nitrogens with zero attached hydrogens (tertiary/aromatic N) is 1. The minimum atomic E-state index is -1.12. The molecule has 1 rings (SSSR count). The van der Waals surface area contributed by atoms with Gasteiger partial charge in [-0.1, -0.05) is 0 Å². The van der Waals surface area contributed by atoms with Crippen LogP contribution in [-0.4, -0.2) is 16.1 Å². The van der Waals surface area contributed by atoms with Gasteiger partial charge in [0.15, 0.2) is 18.2 Å². The molecular weight excluding hydrogens is 148 g/mol. The van der Waals surface area contributed by atoms with Crippen LogP contribution in [0.4, 0.5) is 0 Å². The summed E-state index contributed by atoms with van der Waals surface area (Å²) in [5.41, 5.74) is 5.76. The van der Waals surface area contributed by atoms with Gasteiger partial charge in [-0.3, -0.25) is 4.79 Å². The van der Waals surface area contributed by atoms with Gasteiger partial charge in [0.05, 0.1) is 5.69 Å². The van der Waals surface area contributed by atoms with Gasteiger partial charge in [-0.15, -0.1) is 0 Å². The number of aromatic nitrogens is 1. The Bertz CT molecular complexity index is 269. The summed E-state index contributed by atoms with van der Waals surface area (Å²) in [6.45, 7) is 1.64. The van der Waals surface area contributed by atoms with E-state index in [0.29, 0.717) is 5.69 Å². The van der Waals surface area contributed by atoms with E-state index in [0.717, 1.165) is 0 Å². The van der Waals surface area contributed by atoms with E-state index >= 15 is 0 Å². The van der Waals surface area contributed by atoms with Gasteiger partial charge >= 0.3 is 5.97 Å². The van der Waals surface area contributed by atoms with Gasteiger partial charge in [0.2, 0.25) is 0 Å². The molecule has 0 saturated carbocycles. The SMILES string of the molecule is Cc1ncoc1C(N)C(=O)O. The summed E-state index contributed by atoms with van der Waals surface area (Å²) in [6, 6.07) is -1.11. The molecule has 0 aliphatic rings. The van der Waals surface area contributed by atoms with Crippen molar-refractivity contribution in [3.8, 4) is 0 Å². The van der Waals surface area contributed by atoms with E-state index in [1.165, 1.54) is 6.39 Å². The fourth-order valence-electron chi connectivity index (χ4n) is 0.722. The quantitative estimate of drug-likeness (QED) is 0.632. The molecule has 5 heteroatoms. The smallest absolute Gasteiger partial charge is 0.328 e. The second kappa shape index (κ2) is 2.71. The highest BCUT2D eigenvalue weighted by Crippen LogP contribution is 2.13. The van der Waals surface area contributed by atoms with Gasteiger partial charge in [-0.25, -0.2) is 4.98 Å². The number of carbonyl (C=O) groups is 1. The van der Waals surface area contributed by atoms with Gasteiger partial charge in [-0.2, -0.15) is 0 Å². The van der Waals surface area contributed by atoms with Crippen LogP contribution in [0.2, 0.25) is 0 Å². The second-order valence-corrected chi connectivity index (χ2v) is 2.12. The summed E-state index contributed by atoms with van der Waals surface area (Å²) >= 11 is 0. The van der Waals surface area contributed by atoms with Crippen LogP contribution < -0.4 is 5.73 Å². The van der Waals surface area contributed by atoms with Gasteiger partial charge < -0.3 is 15.3 Å². The topological polar surface area (TPSA) is 89.4 Å². The lowest BCUT2D eigenvalue weighted by Crippen LogP contribution is -2.20. The van der Waals surface area contributed by atoms with Crippen molar-refractivity contribution < 1.29 is 14.3 Å². The third kappa shape index (κ3) is 1.38. The number of rotatable bonds is 2. The normalized spacial score (nSPS) is 12.9. The third-order valence-corrected chi connectivity index (χ3v) is 1.33. The van der Waals surface area contributed by atoms with Crippen LogP contribution in [0.1, 0.15) is 17.5 Å². The van der Waals surface area contributed by atoms with Crippen LogP contribution in [0, 0.1) is 6.92 Å². The zero-order valence-electron chi connectivity index (χ0n) is 5.94. The molecular formula is C6H8N2O3. The number of oxazole rings is 1. The van der Waals surface area contributed by atoms with E-state index in [-0.39, 0.29) is 5.76 Å². The Morgan fingerprint density at radius 2 is 2.55 bits per heavy atom. The second-order valence-electron chi connectivity index (χ2n) is 2.12. The van der Waals surface area contributed by atoms with Crippen molar-refractivity contribution >= 4 is 5.97 Å². The molecule has 60 valence electrons. The van der Waals surface area contributed by atoms with Crippen molar-refractivity contribution in [2.75, 3.05) is 0 Å². The zero-order valence-corrected chi connectivity index (χ0v) is 5.94. The molecule has 11 heavy (non-hydrogen) atoms. The van der Waals surface area contributed by atoms with Crippen LogP contribution in [-0.2, 0) is 4.79 Å². The summed E-state index contributed by atoms with van der Waals surface area (Å²) in [5, 5.41) is 8.47. The Morgan fingerprint density at radius 3 is 2.91 bits per heavy atom. The lowest BCUT2D eigenvalue weighted by Gasteiger charge is -2.01. The highest BCUT2D eigenvalue weighted by molar-refractivity contribution is 5.74. The molecule has 0 fully saturated rings. The summed E-state index contributed by atoms with van der Waals surface area (Å²) in [6.07, 6.45) is 1.17. The molecule has 0 aromatic carbocycles. The maximum absolute atomic E-state index is 10.3. The summed E-state index contributed by atoms with van der Waals surface area (Å²) in [4.78, 5) is 14.0. The van der Waals surface area contributed by atoms with Crippen molar-refractivity contribution in [1.29, 1.82) is 0 Å². The molecule has 5 nitrogen and oxygen atoms in total. The van der Waals surface area contributed by atoms with E-state index in [1.54, 1.807) is 6.92 Å². The Kier molecular flexibility index (Phi) is 1.91. The van der Waals surface area contributed by atoms with Gasteiger partial charge in [-0.05, 0) is 6.92 Å². The number of hydrogen-bond acceptors (Lipinski definition) is 4. The number of carboxylic acid groups (broad SMARTS) is 1. The van der Waals surface area contributed by atoms with E-state index in [9.17, 15) is 4.79 Å². The molecule has 1 aromatic rings. The minimum Gasteiger partial charge on any atom is -0.480 e. The first-order valence-corrected chi connectivity index (χ1v) is 3.01. The number of hydrogen-bond donors (Lipinski definition) is 2. The van der Waals surface area contributed by atoms with Crippen molar-refractivity contribution in [2.45, 2.75) is 13.0 Å². The monoisotopic (exact) mass is 156 g/mol. The number of aliphatic carboxylic acids is 1. The Labute approximate surface area is 62.8 Å². The first-order chi connectivity index (χ1) is 5.13. The molecule has 1 atom stereocenters. The maximum Gasteiger partial charge on any atom is 0.328 e. The maximum atomic E-state index is 10.3. The highest BCUT2D eigenvalue weighted by atomic mass is 16.4. The molecule has 0 aliphatic carbocycles. The zero-order chi connectivity index (χ0) is 8.43. The largest absolute Gasteiger partial charge is 0.480 e. The molecule has 0 spiro atoms.